The van der Waals surface area contributed by atoms with Crippen molar-refractivity contribution in [3.63, 3.8) is 0 Å². The minimum Gasteiger partial charge on any atom is -0.315 e. The summed E-state index contributed by atoms with van der Waals surface area (Å²) in [4.78, 5) is 3.11. The zero-order chi connectivity index (χ0) is 15.3. The third-order valence-electron chi connectivity index (χ3n) is 2.97. The maximum absolute atomic E-state index is 12.3. The minimum atomic E-state index is -3.41. The predicted octanol–water partition coefficient (Wildman–Crippen LogP) is 1.39. The maximum atomic E-state index is 12.3. The van der Waals surface area contributed by atoms with E-state index in [-0.39, 0.29) is 6.04 Å². The molecule has 0 radical (unpaired) electrons. The summed E-state index contributed by atoms with van der Waals surface area (Å²) in [5, 5.41) is 3.05. The van der Waals surface area contributed by atoms with Crippen LogP contribution in [-0.4, -0.2) is 47.0 Å². The molecule has 0 spiro atoms. The van der Waals surface area contributed by atoms with Crippen molar-refractivity contribution in [1.29, 1.82) is 0 Å². The first kappa shape index (κ1) is 17.6. The van der Waals surface area contributed by atoms with E-state index < -0.39 is 10.0 Å². The summed E-state index contributed by atoms with van der Waals surface area (Å²) < 4.78 is 27.8. The molecule has 1 atom stereocenters. The third kappa shape index (κ3) is 5.14. The van der Waals surface area contributed by atoms with Gasteiger partial charge in [0.2, 0.25) is 10.0 Å². The van der Waals surface area contributed by atoms with Crippen LogP contribution in [0, 0.1) is 6.92 Å². The van der Waals surface area contributed by atoms with Crippen LogP contribution in [0.2, 0.25) is 0 Å². The summed E-state index contributed by atoms with van der Waals surface area (Å²) in [6, 6.07) is 1.68. The molecule has 116 valence electrons. The Hall–Kier alpha value is -0.470. The topological polar surface area (TPSA) is 61.4 Å². The molecule has 0 aromatic carbocycles. The third-order valence-corrected chi connectivity index (χ3v) is 6.27. The Balaban J connectivity index is 2.75. The van der Waals surface area contributed by atoms with E-state index in [1.54, 1.807) is 6.07 Å². The summed E-state index contributed by atoms with van der Waals surface area (Å²) in [7, 11) is 2.41. The molecule has 7 heteroatoms. The van der Waals surface area contributed by atoms with Crippen LogP contribution in [-0.2, 0) is 16.6 Å². The number of thiophene rings is 1. The summed E-state index contributed by atoms with van der Waals surface area (Å²) in [5.74, 6) is 0. The molecule has 0 saturated carbocycles. The van der Waals surface area contributed by atoms with E-state index in [2.05, 4.69) is 10.0 Å². The lowest BCUT2D eigenvalue weighted by Crippen LogP contribution is -2.34. The van der Waals surface area contributed by atoms with Crippen molar-refractivity contribution >= 4 is 21.4 Å². The van der Waals surface area contributed by atoms with Gasteiger partial charge in [-0.15, -0.1) is 11.3 Å². The van der Waals surface area contributed by atoms with E-state index in [1.807, 2.05) is 39.9 Å². The first-order valence-electron chi connectivity index (χ1n) is 6.67. The molecule has 1 unspecified atom stereocenters. The van der Waals surface area contributed by atoms with Crippen molar-refractivity contribution < 1.29 is 8.42 Å². The van der Waals surface area contributed by atoms with Gasteiger partial charge in [0, 0.05) is 17.5 Å². The van der Waals surface area contributed by atoms with Gasteiger partial charge in [0.25, 0.3) is 0 Å². The van der Waals surface area contributed by atoms with Crippen LogP contribution in [0.5, 0.6) is 0 Å². The van der Waals surface area contributed by atoms with Gasteiger partial charge in [-0.3, -0.25) is 0 Å². The van der Waals surface area contributed by atoms with E-state index >= 15 is 0 Å². The average Bonchev–Trinajstić information content (AvgIpc) is 2.69. The van der Waals surface area contributed by atoms with Gasteiger partial charge in [-0.25, -0.2) is 13.1 Å². The van der Waals surface area contributed by atoms with Crippen molar-refractivity contribution in [2.24, 2.45) is 0 Å². The monoisotopic (exact) mass is 319 g/mol. The van der Waals surface area contributed by atoms with Gasteiger partial charge < -0.3 is 10.2 Å². The standard InChI is InChI=1S/C13H25N3O2S2/c1-10-8-13(19-12(10)9-14-3)20(17,18)15-11(2)6-7-16(4)5/h8,11,14-15H,6-7,9H2,1-5H3. The lowest BCUT2D eigenvalue weighted by atomic mass is 10.2. The molecule has 2 N–H and O–H groups in total. The molecule has 1 aromatic rings. The molecule has 5 nitrogen and oxygen atoms in total. The summed E-state index contributed by atoms with van der Waals surface area (Å²) in [6.07, 6.45) is 0.792. The molecular weight excluding hydrogens is 294 g/mol. The van der Waals surface area contributed by atoms with Gasteiger partial charge in [-0.05, 0) is 59.6 Å². The van der Waals surface area contributed by atoms with Gasteiger partial charge in [0.15, 0.2) is 0 Å². The average molecular weight is 319 g/mol. The van der Waals surface area contributed by atoms with Crippen molar-refractivity contribution in [1.82, 2.24) is 14.9 Å². The predicted molar refractivity (Wildman–Crippen MR) is 84.8 cm³/mol. The largest absolute Gasteiger partial charge is 0.315 e. The molecule has 0 aliphatic rings. The van der Waals surface area contributed by atoms with E-state index in [1.165, 1.54) is 11.3 Å². The smallest absolute Gasteiger partial charge is 0.250 e. The van der Waals surface area contributed by atoms with E-state index in [0.29, 0.717) is 10.8 Å². The number of nitrogens with zero attached hydrogens (tertiary/aromatic N) is 1. The van der Waals surface area contributed by atoms with E-state index in [9.17, 15) is 8.42 Å². The Morgan fingerprint density at radius 3 is 2.60 bits per heavy atom. The Morgan fingerprint density at radius 2 is 2.05 bits per heavy atom. The highest BCUT2D eigenvalue weighted by Crippen LogP contribution is 2.26. The molecule has 0 aliphatic heterocycles. The van der Waals surface area contributed by atoms with Crippen molar-refractivity contribution in [2.75, 3.05) is 27.7 Å². The summed E-state index contributed by atoms with van der Waals surface area (Å²) in [6.45, 7) is 5.40. The fraction of sp³-hybridized carbons (Fsp3) is 0.692. The van der Waals surface area contributed by atoms with Crippen LogP contribution < -0.4 is 10.0 Å². The molecule has 0 aliphatic carbocycles. The fourth-order valence-corrected chi connectivity index (χ4v) is 4.69. The van der Waals surface area contributed by atoms with Gasteiger partial charge in [0.1, 0.15) is 4.21 Å². The first-order valence-corrected chi connectivity index (χ1v) is 8.97. The number of sulfonamides is 1. The van der Waals surface area contributed by atoms with Crippen LogP contribution >= 0.6 is 11.3 Å². The number of nitrogens with one attached hydrogen (secondary N) is 2. The second-order valence-electron chi connectivity index (χ2n) is 5.32. The van der Waals surface area contributed by atoms with Gasteiger partial charge in [0.05, 0.1) is 0 Å². The van der Waals surface area contributed by atoms with Crippen LogP contribution in [0.1, 0.15) is 23.8 Å². The molecule has 0 fully saturated rings. The molecular formula is C13H25N3O2S2. The Bertz CT molecular complexity index is 524. The zero-order valence-electron chi connectivity index (χ0n) is 12.9. The zero-order valence-corrected chi connectivity index (χ0v) is 14.5. The molecule has 1 aromatic heterocycles. The number of aryl methyl sites for hydroxylation is 1. The molecule has 20 heavy (non-hydrogen) atoms. The Labute approximate surface area is 126 Å². The SMILES string of the molecule is CNCc1sc(S(=O)(=O)NC(C)CCN(C)C)cc1C. The quantitative estimate of drug-likeness (QED) is 0.760. The van der Waals surface area contributed by atoms with E-state index in [4.69, 9.17) is 0 Å². The molecule has 1 rings (SSSR count). The second kappa shape index (κ2) is 7.51. The maximum Gasteiger partial charge on any atom is 0.250 e. The highest BCUT2D eigenvalue weighted by Gasteiger charge is 2.20. The van der Waals surface area contributed by atoms with Gasteiger partial charge in [-0.1, -0.05) is 0 Å². The van der Waals surface area contributed by atoms with Crippen LogP contribution in [0.4, 0.5) is 0 Å². The summed E-state index contributed by atoms with van der Waals surface area (Å²) >= 11 is 1.33. The van der Waals surface area contributed by atoms with Crippen LogP contribution in [0.3, 0.4) is 0 Å². The van der Waals surface area contributed by atoms with Gasteiger partial charge in [-0.2, -0.15) is 0 Å². The lowest BCUT2D eigenvalue weighted by molar-refractivity contribution is 0.379. The fourth-order valence-electron chi connectivity index (χ4n) is 1.79. The van der Waals surface area contributed by atoms with Crippen LogP contribution in [0.25, 0.3) is 0 Å². The normalized spacial score (nSPS) is 13.9. The minimum absolute atomic E-state index is 0.0717. The number of hydrogen-bond donors (Lipinski definition) is 2. The molecule has 0 saturated heterocycles. The van der Waals surface area contributed by atoms with E-state index in [0.717, 1.165) is 23.4 Å². The summed E-state index contributed by atoms with van der Waals surface area (Å²) in [5.41, 5.74) is 1.02. The van der Waals surface area contributed by atoms with Crippen molar-refractivity contribution in [3.8, 4) is 0 Å². The lowest BCUT2D eigenvalue weighted by Gasteiger charge is -2.16. The van der Waals surface area contributed by atoms with Crippen LogP contribution in [0.15, 0.2) is 10.3 Å². The Morgan fingerprint density at radius 1 is 1.40 bits per heavy atom. The first-order chi connectivity index (χ1) is 9.26. The molecule has 1 heterocycles. The van der Waals surface area contributed by atoms with Crippen molar-refractivity contribution in [2.45, 2.75) is 37.1 Å². The Kier molecular flexibility index (Phi) is 6.60. The number of hydrogen-bond acceptors (Lipinski definition) is 5. The highest BCUT2D eigenvalue weighted by atomic mass is 32.2. The van der Waals surface area contributed by atoms with Crippen molar-refractivity contribution in [3.05, 3.63) is 16.5 Å². The molecule has 0 amide bonds. The second-order valence-corrected chi connectivity index (χ2v) is 8.39. The highest BCUT2D eigenvalue weighted by molar-refractivity contribution is 7.91. The number of rotatable bonds is 8. The van der Waals surface area contributed by atoms with Gasteiger partial charge >= 0.3 is 0 Å². The molecule has 0 bridgehead atoms.